The van der Waals surface area contributed by atoms with Gasteiger partial charge in [-0.15, -0.1) is 0 Å². The van der Waals surface area contributed by atoms with Gasteiger partial charge in [0.05, 0.1) is 6.20 Å². The lowest BCUT2D eigenvalue weighted by Crippen LogP contribution is -2.24. The summed E-state index contributed by atoms with van der Waals surface area (Å²) in [4.78, 5) is 0. The highest BCUT2D eigenvalue weighted by Gasteiger charge is 2.23. The number of rotatable bonds is 4. The van der Waals surface area contributed by atoms with Crippen molar-refractivity contribution in [3.8, 4) is 0 Å². The third-order valence-corrected chi connectivity index (χ3v) is 3.83. The molecule has 3 heteroatoms. The molecule has 0 radical (unpaired) electrons. The van der Waals surface area contributed by atoms with E-state index >= 15 is 0 Å². The number of nitrogens with one attached hydrogen (secondary N) is 1. The highest BCUT2D eigenvalue weighted by atomic mass is 15.3. The quantitative estimate of drug-likeness (QED) is 0.845. The largest absolute Gasteiger partial charge is 0.317 e. The standard InChI is InChI=1S/C13H23N3/c1-10(14-2)8-12-9-15-16(3)13(12)11-6-4-5-7-11/h9-11,14H,4-8H2,1-3H3. The molecule has 2 rings (SSSR count). The lowest BCUT2D eigenvalue weighted by atomic mass is 9.97. The summed E-state index contributed by atoms with van der Waals surface area (Å²) in [6.45, 7) is 2.23. The van der Waals surface area contributed by atoms with Gasteiger partial charge >= 0.3 is 0 Å². The van der Waals surface area contributed by atoms with Crippen LogP contribution in [0, 0.1) is 0 Å². The van der Waals surface area contributed by atoms with Gasteiger partial charge in [-0.25, -0.2) is 0 Å². The van der Waals surface area contributed by atoms with Crippen LogP contribution < -0.4 is 5.32 Å². The molecule has 1 saturated carbocycles. The van der Waals surface area contributed by atoms with Crippen LogP contribution in [0.25, 0.3) is 0 Å². The molecule has 0 aromatic carbocycles. The van der Waals surface area contributed by atoms with Crippen molar-refractivity contribution in [3.05, 3.63) is 17.5 Å². The lowest BCUT2D eigenvalue weighted by molar-refractivity contribution is 0.581. The molecule has 1 aromatic heterocycles. The van der Waals surface area contributed by atoms with Gasteiger partial charge in [0.25, 0.3) is 0 Å². The summed E-state index contributed by atoms with van der Waals surface area (Å²) in [5.74, 6) is 0.756. The molecule has 1 aliphatic carbocycles. The Balaban J connectivity index is 2.18. The molecule has 0 spiro atoms. The molecule has 1 heterocycles. The van der Waals surface area contributed by atoms with Gasteiger partial charge in [-0.2, -0.15) is 5.10 Å². The van der Waals surface area contributed by atoms with Crippen LogP contribution in [0.2, 0.25) is 0 Å². The molecule has 0 saturated heterocycles. The van der Waals surface area contributed by atoms with Crippen molar-refractivity contribution in [1.29, 1.82) is 0 Å². The van der Waals surface area contributed by atoms with Crippen LogP contribution in [0.4, 0.5) is 0 Å². The zero-order valence-electron chi connectivity index (χ0n) is 10.7. The molecular weight excluding hydrogens is 198 g/mol. The van der Waals surface area contributed by atoms with E-state index in [0.717, 1.165) is 12.3 Å². The number of likely N-dealkylation sites (N-methyl/N-ethyl adjacent to an activating group) is 1. The van der Waals surface area contributed by atoms with Crippen molar-refractivity contribution >= 4 is 0 Å². The van der Waals surface area contributed by atoms with Crippen molar-refractivity contribution in [2.24, 2.45) is 7.05 Å². The van der Waals surface area contributed by atoms with Crippen LogP contribution in [0.3, 0.4) is 0 Å². The van der Waals surface area contributed by atoms with E-state index in [1.54, 1.807) is 0 Å². The highest BCUT2D eigenvalue weighted by molar-refractivity contribution is 5.23. The predicted octanol–water partition coefficient (Wildman–Crippen LogP) is 2.23. The average Bonchev–Trinajstić information content (AvgIpc) is 2.88. The minimum atomic E-state index is 0.532. The maximum Gasteiger partial charge on any atom is 0.0525 e. The van der Waals surface area contributed by atoms with Crippen LogP contribution in [0.15, 0.2) is 6.20 Å². The molecule has 1 aliphatic rings. The Bertz CT molecular complexity index is 337. The maximum atomic E-state index is 4.44. The van der Waals surface area contributed by atoms with E-state index in [0.29, 0.717) is 6.04 Å². The molecule has 1 atom stereocenters. The van der Waals surface area contributed by atoms with E-state index in [4.69, 9.17) is 0 Å². The molecule has 16 heavy (non-hydrogen) atoms. The van der Waals surface area contributed by atoms with Crippen LogP contribution in [-0.2, 0) is 13.5 Å². The topological polar surface area (TPSA) is 29.9 Å². The Morgan fingerprint density at radius 3 is 2.81 bits per heavy atom. The smallest absolute Gasteiger partial charge is 0.0525 e. The number of hydrogen-bond acceptors (Lipinski definition) is 2. The minimum absolute atomic E-state index is 0.532. The van der Waals surface area contributed by atoms with Gasteiger partial charge in [-0.1, -0.05) is 12.8 Å². The Morgan fingerprint density at radius 1 is 1.50 bits per heavy atom. The zero-order chi connectivity index (χ0) is 11.5. The van der Waals surface area contributed by atoms with Crippen LogP contribution in [0.1, 0.15) is 49.8 Å². The summed E-state index contributed by atoms with van der Waals surface area (Å²) in [5, 5.41) is 7.74. The SMILES string of the molecule is CNC(C)Cc1cnn(C)c1C1CCCC1. The summed E-state index contributed by atoms with van der Waals surface area (Å²) in [6, 6.07) is 0.532. The number of aromatic nitrogens is 2. The van der Waals surface area contributed by atoms with E-state index in [2.05, 4.69) is 35.3 Å². The lowest BCUT2D eigenvalue weighted by Gasteiger charge is -2.15. The third-order valence-electron chi connectivity index (χ3n) is 3.83. The average molecular weight is 221 g/mol. The van der Waals surface area contributed by atoms with Crippen molar-refractivity contribution in [2.45, 2.75) is 51.0 Å². The fourth-order valence-electron chi connectivity index (χ4n) is 2.81. The second-order valence-corrected chi connectivity index (χ2v) is 5.05. The molecule has 1 unspecified atom stereocenters. The zero-order valence-corrected chi connectivity index (χ0v) is 10.7. The first-order valence-corrected chi connectivity index (χ1v) is 6.40. The van der Waals surface area contributed by atoms with E-state index in [-0.39, 0.29) is 0 Å². The van der Waals surface area contributed by atoms with Crippen LogP contribution in [-0.4, -0.2) is 22.9 Å². The third kappa shape index (κ3) is 2.29. The fourth-order valence-corrected chi connectivity index (χ4v) is 2.81. The molecule has 3 nitrogen and oxygen atoms in total. The Kier molecular flexibility index (Phi) is 3.64. The van der Waals surface area contributed by atoms with Crippen molar-refractivity contribution < 1.29 is 0 Å². The Hall–Kier alpha value is -0.830. The molecule has 90 valence electrons. The Labute approximate surface area is 98.2 Å². The molecule has 1 fully saturated rings. The normalized spacial score (nSPS) is 19.2. The van der Waals surface area contributed by atoms with Crippen molar-refractivity contribution in [3.63, 3.8) is 0 Å². The molecule has 1 aromatic rings. The first-order chi connectivity index (χ1) is 7.72. The van der Waals surface area contributed by atoms with Gasteiger partial charge in [0, 0.05) is 24.7 Å². The predicted molar refractivity (Wildman–Crippen MR) is 66.6 cm³/mol. The summed E-state index contributed by atoms with van der Waals surface area (Å²) in [5.41, 5.74) is 2.93. The van der Waals surface area contributed by atoms with Crippen LogP contribution in [0.5, 0.6) is 0 Å². The van der Waals surface area contributed by atoms with Gasteiger partial charge < -0.3 is 5.32 Å². The summed E-state index contributed by atoms with van der Waals surface area (Å²) in [6.07, 6.45) is 8.62. The summed E-state index contributed by atoms with van der Waals surface area (Å²) >= 11 is 0. The van der Waals surface area contributed by atoms with E-state index < -0.39 is 0 Å². The van der Waals surface area contributed by atoms with Gasteiger partial charge in [0.1, 0.15) is 0 Å². The fraction of sp³-hybridized carbons (Fsp3) is 0.769. The van der Waals surface area contributed by atoms with Crippen molar-refractivity contribution in [1.82, 2.24) is 15.1 Å². The maximum absolute atomic E-state index is 4.44. The minimum Gasteiger partial charge on any atom is -0.317 e. The monoisotopic (exact) mass is 221 g/mol. The van der Waals surface area contributed by atoms with Crippen LogP contribution >= 0.6 is 0 Å². The van der Waals surface area contributed by atoms with E-state index in [1.807, 2.05) is 7.05 Å². The van der Waals surface area contributed by atoms with Gasteiger partial charge in [-0.3, -0.25) is 4.68 Å². The second kappa shape index (κ2) is 5.00. The number of nitrogens with zero attached hydrogens (tertiary/aromatic N) is 2. The summed E-state index contributed by atoms with van der Waals surface area (Å²) in [7, 11) is 4.11. The number of hydrogen-bond donors (Lipinski definition) is 1. The molecule has 0 bridgehead atoms. The molecule has 1 N–H and O–H groups in total. The number of aryl methyl sites for hydroxylation is 1. The van der Waals surface area contributed by atoms with Crippen molar-refractivity contribution in [2.75, 3.05) is 7.05 Å². The Morgan fingerprint density at radius 2 is 2.19 bits per heavy atom. The molecule has 0 aliphatic heterocycles. The van der Waals surface area contributed by atoms with E-state index in [9.17, 15) is 0 Å². The summed E-state index contributed by atoms with van der Waals surface area (Å²) < 4.78 is 2.09. The first kappa shape index (κ1) is 11.6. The highest BCUT2D eigenvalue weighted by Crippen LogP contribution is 2.35. The van der Waals surface area contributed by atoms with Gasteiger partial charge in [-0.05, 0) is 38.8 Å². The van der Waals surface area contributed by atoms with E-state index in [1.165, 1.54) is 36.9 Å². The second-order valence-electron chi connectivity index (χ2n) is 5.05. The van der Waals surface area contributed by atoms with Gasteiger partial charge in [0.15, 0.2) is 0 Å². The van der Waals surface area contributed by atoms with Gasteiger partial charge in [0.2, 0.25) is 0 Å². The molecular formula is C13H23N3. The molecule has 0 amide bonds. The first-order valence-electron chi connectivity index (χ1n) is 6.40.